The minimum Gasteiger partial charge on any atom is -0.380 e. The zero-order valence-corrected chi connectivity index (χ0v) is 11.6. The molecule has 0 aromatic carbocycles. The number of aromatic nitrogens is 2. The smallest absolute Gasteiger partial charge is 0.149 e. The van der Waals surface area contributed by atoms with Gasteiger partial charge in [-0.2, -0.15) is 0 Å². The highest BCUT2D eigenvalue weighted by Crippen LogP contribution is 2.11. The summed E-state index contributed by atoms with van der Waals surface area (Å²) in [5.41, 5.74) is 0. The molecule has 0 fully saturated rings. The molecule has 0 saturated heterocycles. The van der Waals surface area contributed by atoms with Crippen LogP contribution >= 0.6 is 0 Å². The minimum atomic E-state index is 0.721. The zero-order valence-electron chi connectivity index (χ0n) is 11.6. The SMILES string of the molecule is CCCNc1cncc(N(CC)CCOCC)n1. The molecule has 0 atom stereocenters. The van der Waals surface area contributed by atoms with Crippen molar-refractivity contribution in [3.05, 3.63) is 12.4 Å². The molecule has 18 heavy (non-hydrogen) atoms. The van der Waals surface area contributed by atoms with Gasteiger partial charge in [-0.15, -0.1) is 0 Å². The Morgan fingerprint density at radius 2 is 2.11 bits per heavy atom. The van der Waals surface area contributed by atoms with E-state index in [9.17, 15) is 0 Å². The van der Waals surface area contributed by atoms with Gasteiger partial charge in [0, 0.05) is 26.2 Å². The minimum absolute atomic E-state index is 0.721. The van der Waals surface area contributed by atoms with Crippen molar-refractivity contribution in [2.45, 2.75) is 27.2 Å². The third kappa shape index (κ3) is 4.87. The van der Waals surface area contributed by atoms with Crippen LogP contribution in [0.4, 0.5) is 11.6 Å². The number of rotatable bonds is 9. The van der Waals surface area contributed by atoms with E-state index in [4.69, 9.17) is 4.74 Å². The predicted molar refractivity (Wildman–Crippen MR) is 75.2 cm³/mol. The molecule has 1 aromatic heterocycles. The lowest BCUT2D eigenvalue weighted by atomic mass is 10.4. The molecule has 0 radical (unpaired) electrons. The molecule has 0 aliphatic carbocycles. The summed E-state index contributed by atoms with van der Waals surface area (Å²) in [6, 6.07) is 0. The maximum absolute atomic E-state index is 5.38. The molecular formula is C13H24N4O. The van der Waals surface area contributed by atoms with Gasteiger partial charge >= 0.3 is 0 Å². The van der Waals surface area contributed by atoms with E-state index in [1.54, 1.807) is 12.4 Å². The average Bonchev–Trinajstić information content (AvgIpc) is 2.42. The van der Waals surface area contributed by atoms with Crippen molar-refractivity contribution < 1.29 is 4.74 Å². The molecule has 0 aliphatic rings. The summed E-state index contributed by atoms with van der Waals surface area (Å²) in [6.07, 6.45) is 4.63. The van der Waals surface area contributed by atoms with Gasteiger partial charge in [0.1, 0.15) is 11.6 Å². The van der Waals surface area contributed by atoms with E-state index in [2.05, 4.69) is 34.0 Å². The fraction of sp³-hybridized carbons (Fsp3) is 0.692. The van der Waals surface area contributed by atoms with Gasteiger partial charge in [0.15, 0.2) is 0 Å². The van der Waals surface area contributed by atoms with Crippen LogP contribution in [0.3, 0.4) is 0 Å². The molecular weight excluding hydrogens is 228 g/mol. The van der Waals surface area contributed by atoms with Gasteiger partial charge in [0.25, 0.3) is 0 Å². The predicted octanol–water partition coefficient (Wildman–Crippen LogP) is 2.16. The monoisotopic (exact) mass is 252 g/mol. The number of nitrogens with one attached hydrogen (secondary N) is 1. The maximum Gasteiger partial charge on any atom is 0.149 e. The lowest BCUT2D eigenvalue weighted by Crippen LogP contribution is -2.28. The first-order valence-corrected chi connectivity index (χ1v) is 6.70. The topological polar surface area (TPSA) is 50.3 Å². The molecule has 5 nitrogen and oxygen atoms in total. The second-order valence-corrected chi connectivity index (χ2v) is 3.97. The summed E-state index contributed by atoms with van der Waals surface area (Å²) in [6.45, 7) is 10.4. The fourth-order valence-electron chi connectivity index (χ4n) is 1.60. The molecule has 0 unspecified atom stereocenters. The molecule has 1 rings (SSSR count). The molecule has 1 N–H and O–H groups in total. The number of anilines is 2. The van der Waals surface area contributed by atoms with Crippen molar-refractivity contribution in [3.63, 3.8) is 0 Å². The number of hydrogen-bond acceptors (Lipinski definition) is 5. The number of ether oxygens (including phenoxy) is 1. The average molecular weight is 252 g/mol. The van der Waals surface area contributed by atoms with Gasteiger partial charge in [-0.05, 0) is 20.3 Å². The molecule has 1 aromatic rings. The van der Waals surface area contributed by atoms with Crippen molar-refractivity contribution in [1.29, 1.82) is 0 Å². The first-order chi connectivity index (χ1) is 8.81. The van der Waals surface area contributed by atoms with Crippen LogP contribution in [0.15, 0.2) is 12.4 Å². The molecule has 5 heteroatoms. The molecule has 0 aliphatic heterocycles. The summed E-state index contributed by atoms with van der Waals surface area (Å²) < 4.78 is 5.38. The van der Waals surface area contributed by atoms with Crippen molar-refractivity contribution in [2.75, 3.05) is 43.1 Å². The second kappa shape index (κ2) is 8.69. The Labute approximate surface area is 110 Å². The Bertz CT molecular complexity index is 333. The van der Waals surface area contributed by atoms with Gasteiger partial charge in [-0.1, -0.05) is 6.92 Å². The van der Waals surface area contributed by atoms with E-state index in [-0.39, 0.29) is 0 Å². The van der Waals surface area contributed by atoms with Crippen molar-refractivity contribution >= 4 is 11.6 Å². The summed E-state index contributed by atoms with van der Waals surface area (Å²) in [7, 11) is 0. The van der Waals surface area contributed by atoms with Crippen LogP contribution in [0.5, 0.6) is 0 Å². The third-order valence-corrected chi connectivity index (χ3v) is 2.59. The lowest BCUT2D eigenvalue weighted by molar-refractivity contribution is 0.154. The highest BCUT2D eigenvalue weighted by atomic mass is 16.5. The number of likely N-dealkylation sites (N-methyl/N-ethyl adjacent to an activating group) is 1. The zero-order chi connectivity index (χ0) is 13.2. The first kappa shape index (κ1) is 14.7. The van der Waals surface area contributed by atoms with Crippen LogP contribution in [0.1, 0.15) is 27.2 Å². The van der Waals surface area contributed by atoms with Gasteiger partial charge in [0.05, 0.1) is 19.0 Å². The molecule has 0 amide bonds. The quantitative estimate of drug-likeness (QED) is 0.683. The van der Waals surface area contributed by atoms with Crippen LogP contribution in [0.2, 0.25) is 0 Å². The van der Waals surface area contributed by atoms with Gasteiger partial charge in [0.2, 0.25) is 0 Å². The van der Waals surface area contributed by atoms with E-state index in [1.807, 2.05) is 6.92 Å². The van der Waals surface area contributed by atoms with E-state index >= 15 is 0 Å². The Morgan fingerprint density at radius 3 is 2.78 bits per heavy atom. The Morgan fingerprint density at radius 1 is 1.28 bits per heavy atom. The third-order valence-electron chi connectivity index (χ3n) is 2.59. The first-order valence-electron chi connectivity index (χ1n) is 6.70. The summed E-state index contributed by atoms with van der Waals surface area (Å²) >= 11 is 0. The Kier molecular flexibility index (Phi) is 7.10. The second-order valence-electron chi connectivity index (χ2n) is 3.97. The lowest BCUT2D eigenvalue weighted by Gasteiger charge is -2.21. The van der Waals surface area contributed by atoms with E-state index in [0.717, 1.165) is 50.9 Å². The standard InChI is InChI=1S/C13H24N4O/c1-4-7-15-12-10-14-11-13(16-12)17(5-2)8-9-18-6-3/h10-11H,4-9H2,1-3H3,(H,15,16). The highest BCUT2D eigenvalue weighted by Gasteiger charge is 2.06. The van der Waals surface area contributed by atoms with Gasteiger partial charge in [-0.3, -0.25) is 4.98 Å². The summed E-state index contributed by atoms with van der Waals surface area (Å²) in [5.74, 6) is 1.74. The summed E-state index contributed by atoms with van der Waals surface area (Å²) in [4.78, 5) is 11.0. The van der Waals surface area contributed by atoms with Crippen LogP contribution in [0, 0.1) is 0 Å². The molecule has 0 bridgehead atoms. The highest BCUT2D eigenvalue weighted by molar-refractivity contribution is 5.43. The van der Waals surface area contributed by atoms with Gasteiger partial charge in [-0.25, -0.2) is 4.98 Å². The Hall–Kier alpha value is -1.36. The largest absolute Gasteiger partial charge is 0.380 e. The fourth-order valence-corrected chi connectivity index (χ4v) is 1.60. The van der Waals surface area contributed by atoms with Crippen LogP contribution in [-0.4, -0.2) is 42.8 Å². The molecule has 1 heterocycles. The van der Waals surface area contributed by atoms with Gasteiger partial charge < -0.3 is 15.0 Å². The van der Waals surface area contributed by atoms with Crippen LogP contribution in [0.25, 0.3) is 0 Å². The number of hydrogen-bond donors (Lipinski definition) is 1. The van der Waals surface area contributed by atoms with E-state index in [1.165, 1.54) is 0 Å². The van der Waals surface area contributed by atoms with Crippen molar-refractivity contribution in [2.24, 2.45) is 0 Å². The van der Waals surface area contributed by atoms with Crippen molar-refractivity contribution in [1.82, 2.24) is 9.97 Å². The van der Waals surface area contributed by atoms with E-state index in [0.29, 0.717) is 0 Å². The Balaban J connectivity index is 2.60. The normalized spacial score (nSPS) is 10.4. The van der Waals surface area contributed by atoms with Crippen LogP contribution < -0.4 is 10.2 Å². The number of nitrogens with zero attached hydrogens (tertiary/aromatic N) is 3. The maximum atomic E-state index is 5.38. The van der Waals surface area contributed by atoms with Crippen LogP contribution in [-0.2, 0) is 4.74 Å². The molecule has 0 spiro atoms. The molecule has 0 saturated carbocycles. The summed E-state index contributed by atoms with van der Waals surface area (Å²) in [5, 5.41) is 3.25. The van der Waals surface area contributed by atoms with Crippen molar-refractivity contribution in [3.8, 4) is 0 Å². The molecule has 102 valence electrons. The van der Waals surface area contributed by atoms with E-state index < -0.39 is 0 Å².